The zero-order chi connectivity index (χ0) is 24.1. The van der Waals surface area contributed by atoms with Crippen LogP contribution in [0.15, 0.2) is 90.0 Å². The summed E-state index contributed by atoms with van der Waals surface area (Å²) in [5, 5.41) is 16.9. The Kier molecular flexibility index (Phi) is 6.61. The molecular formula is C25H16ClN3O5. The Balaban J connectivity index is 1.62. The van der Waals surface area contributed by atoms with Gasteiger partial charge in [0.15, 0.2) is 0 Å². The Bertz CT molecular complexity index is 1450. The maximum absolute atomic E-state index is 12.7. The Morgan fingerprint density at radius 1 is 0.941 bits per heavy atom. The summed E-state index contributed by atoms with van der Waals surface area (Å²) < 4.78 is 5.60. The van der Waals surface area contributed by atoms with E-state index in [1.165, 1.54) is 30.5 Å². The van der Waals surface area contributed by atoms with Gasteiger partial charge in [-0.1, -0.05) is 54.1 Å². The number of non-ortho nitro benzene ring substituents is 1. The van der Waals surface area contributed by atoms with Crippen molar-refractivity contribution in [1.29, 1.82) is 0 Å². The molecule has 0 aliphatic rings. The SMILES string of the molecule is O=C(NN=Cc1c(OC(=O)c2cccc(Cl)c2)ccc2ccccc12)c1cccc([N+](=O)[O-])c1. The molecule has 4 rings (SSSR count). The summed E-state index contributed by atoms with van der Waals surface area (Å²) in [6.07, 6.45) is 1.36. The third kappa shape index (κ3) is 5.08. The lowest BCUT2D eigenvalue weighted by molar-refractivity contribution is -0.384. The fourth-order valence-corrected chi connectivity index (χ4v) is 3.44. The number of nitro groups is 1. The van der Waals surface area contributed by atoms with Gasteiger partial charge in [-0.25, -0.2) is 10.2 Å². The van der Waals surface area contributed by atoms with Crippen LogP contribution in [0.25, 0.3) is 10.8 Å². The summed E-state index contributed by atoms with van der Waals surface area (Å²) in [6.45, 7) is 0. The highest BCUT2D eigenvalue weighted by molar-refractivity contribution is 6.30. The molecule has 0 saturated heterocycles. The van der Waals surface area contributed by atoms with E-state index in [1.807, 2.05) is 24.3 Å². The monoisotopic (exact) mass is 473 g/mol. The molecule has 0 aliphatic carbocycles. The lowest BCUT2D eigenvalue weighted by Gasteiger charge is -2.11. The van der Waals surface area contributed by atoms with E-state index in [0.717, 1.165) is 16.8 Å². The molecule has 1 amide bonds. The maximum atomic E-state index is 12.7. The van der Waals surface area contributed by atoms with Gasteiger partial charge in [0.05, 0.1) is 16.7 Å². The number of ether oxygens (including phenoxy) is 1. The highest BCUT2D eigenvalue weighted by Crippen LogP contribution is 2.27. The van der Waals surface area contributed by atoms with Crippen LogP contribution in [0, 0.1) is 10.1 Å². The fraction of sp³-hybridized carbons (Fsp3) is 0. The van der Waals surface area contributed by atoms with Crippen LogP contribution in [-0.4, -0.2) is 23.0 Å². The number of carbonyl (C=O) groups excluding carboxylic acids is 2. The first-order valence-electron chi connectivity index (χ1n) is 10.00. The van der Waals surface area contributed by atoms with Gasteiger partial charge in [-0.05, 0) is 41.1 Å². The molecule has 9 heteroatoms. The number of nitrogens with one attached hydrogen (secondary N) is 1. The topological polar surface area (TPSA) is 111 Å². The Hall–Kier alpha value is -4.56. The second-order valence-corrected chi connectivity index (χ2v) is 7.54. The molecule has 4 aromatic rings. The van der Waals surface area contributed by atoms with Gasteiger partial charge >= 0.3 is 5.97 Å². The zero-order valence-corrected chi connectivity index (χ0v) is 18.2. The van der Waals surface area contributed by atoms with Crippen molar-refractivity contribution in [2.45, 2.75) is 0 Å². The van der Waals surface area contributed by atoms with Gasteiger partial charge in [0, 0.05) is 28.3 Å². The van der Waals surface area contributed by atoms with Crippen molar-refractivity contribution in [3.63, 3.8) is 0 Å². The Morgan fingerprint density at radius 3 is 2.50 bits per heavy atom. The minimum absolute atomic E-state index is 0.0804. The van der Waals surface area contributed by atoms with Crippen molar-refractivity contribution >= 4 is 46.2 Å². The van der Waals surface area contributed by atoms with E-state index in [-0.39, 0.29) is 22.6 Å². The molecule has 1 N–H and O–H groups in total. The van der Waals surface area contributed by atoms with Crippen molar-refractivity contribution in [3.05, 3.63) is 117 Å². The van der Waals surface area contributed by atoms with Crippen LogP contribution in [0.2, 0.25) is 5.02 Å². The summed E-state index contributed by atoms with van der Waals surface area (Å²) in [5.41, 5.74) is 2.97. The molecular weight excluding hydrogens is 458 g/mol. The maximum Gasteiger partial charge on any atom is 0.343 e. The molecule has 0 aliphatic heterocycles. The third-order valence-corrected chi connectivity index (χ3v) is 5.11. The number of halogens is 1. The summed E-state index contributed by atoms with van der Waals surface area (Å²) in [6, 6.07) is 22.5. The molecule has 0 unspecified atom stereocenters. The smallest absolute Gasteiger partial charge is 0.343 e. The average Bonchev–Trinajstić information content (AvgIpc) is 2.85. The highest BCUT2D eigenvalue weighted by atomic mass is 35.5. The molecule has 168 valence electrons. The number of hydrazone groups is 1. The van der Waals surface area contributed by atoms with Crippen LogP contribution >= 0.6 is 11.6 Å². The van der Waals surface area contributed by atoms with Crippen molar-refractivity contribution in [3.8, 4) is 5.75 Å². The number of esters is 1. The van der Waals surface area contributed by atoms with Crippen molar-refractivity contribution in [2.24, 2.45) is 5.10 Å². The van der Waals surface area contributed by atoms with Crippen LogP contribution in [0.1, 0.15) is 26.3 Å². The lowest BCUT2D eigenvalue weighted by atomic mass is 10.0. The number of amides is 1. The average molecular weight is 474 g/mol. The standard InChI is InChI=1S/C25H16ClN3O5/c26-19-8-3-7-18(13-19)25(31)34-23-12-11-16-5-1-2-10-21(16)22(23)15-27-28-24(30)17-6-4-9-20(14-17)29(32)33/h1-15H,(H,28,30). The second-order valence-electron chi connectivity index (χ2n) is 7.10. The summed E-state index contributed by atoms with van der Waals surface area (Å²) in [7, 11) is 0. The predicted molar refractivity (Wildman–Crippen MR) is 129 cm³/mol. The zero-order valence-electron chi connectivity index (χ0n) is 17.5. The molecule has 0 bridgehead atoms. The first kappa shape index (κ1) is 22.6. The quantitative estimate of drug-likeness (QED) is 0.133. The first-order valence-corrected chi connectivity index (χ1v) is 10.4. The molecule has 0 aromatic heterocycles. The van der Waals surface area contributed by atoms with Crippen LogP contribution < -0.4 is 10.2 Å². The molecule has 0 radical (unpaired) electrons. The summed E-state index contributed by atoms with van der Waals surface area (Å²) >= 11 is 5.97. The second kappa shape index (κ2) is 9.93. The lowest BCUT2D eigenvalue weighted by Crippen LogP contribution is -2.18. The van der Waals surface area contributed by atoms with Gasteiger partial charge in [0.25, 0.3) is 11.6 Å². The van der Waals surface area contributed by atoms with E-state index in [9.17, 15) is 19.7 Å². The molecule has 34 heavy (non-hydrogen) atoms. The molecule has 0 fully saturated rings. The number of nitro benzene ring substituents is 1. The number of carbonyl (C=O) groups is 2. The number of hydrogen-bond donors (Lipinski definition) is 1. The van der Waals surface area contributed by atoms with E-state index in [2.05, 4.69) is 10.5 Å². The van der Waals surface area contributed by atoms with Gasteiger partial charge in [-0.3, -0.25) is 14.9 Å². The minimum atomic E-state index is -0.627. The molecule has 4 aromatic carbocycles. The summed E-state index contributed by atoms with van der Waals surface area (Å²) in [4.78, 5) is 35.4. The predicted octanol–water partition coefficient (Wildman–Crippen LogP) is 5.38. The minimum Gasteiger partial charge on any atom is -0.422 e. The third-order valence-electron chi connectivity index (χ3n) is 4.87. The Labute approximate surface area is 198 Å². The molecule has 0 heterocycles. The van der Waals surface area contributed by atoms with Crippen LogP contribution in [0.4, 0.5) is 5.69 Å². The molecule has 0 atom stereocenters. The molecule has 8 nitrogen and oxygen atoms in total. The molecule has 0 saturated carbocycles. The van der Waals surface area contributed by atoms with Gasteiger partial charge in [-0.15, -0.1) is 0 Å². The van der Waals surface area contributed by atoms with E-state index in [0.29, 0.717) is 10.6 Å². The Morgan fingerprint density at radius 2 is 1.71 bits per heavy atom. The van der Waals surface area contributed by atoms with Crippen molar-refractivity contribution in [2.75, 3.05) is 0 Å². The number of fused-ring (bicyclic) bond motifs is 1. The van der Waals surface area contributed by atoms with Gasteiger partial charge in [-0.2, -0.15) is 5.10 Å². The van der Waals surface area contributed by atoms with Crippen molar-refractivity contribution < 1.29 is 19.2 Å². The fourth-order valence-electron chi connectivity index (χ4n) is 3.25. The number of hydrogen-bond acceptors (Lipinski definition) is 6. The van der Waals surface area contributed by atoms with Crippen LogP contribution in [0.5, 0.6) is 5.75 Å². The largest absolute Gasteiger partial charge is 0.422 e. The first-order chi connectivity index (χ1) is 16.4. The normalized spacial score (nSPS) is 10.9. The van der Waals surface area contributed by atoms with E-state index in [4.69, 9.17) is 16.3 Å². The highest BCUT2D eigenvalue weighted by Gasteiger charge is 2.15. The van der Waals surface area contributed by atoms with Crippen LogP contribution in [-0.2, 0) is 0 Å². The molecule has 0 spiro atoms. The van der Waals surface area contributed by atoms with Crippen LogP contribution in [0.3, 0.4) is 0 Å². The van der Waals surface area contributed by atoms with Crippen molar-refractivity contribution in [1.82, 2.24) is 5.43 Å². The van der Waals surface area contributed by atoms with E-state index < -0.39 is 16.8 Å². The van der Waals surface area contributed by atoms with Gasteiger partial charge < -0.3 is 4.74 Å². The van der Waals surface area contributed by atoms with Gasteiger partial charge in [0.1, 0.15) is 5.75 Å². The number of benzene rings is 4. The van der Waals surface area contributed by atoms with E-state index >= 15 is 0 Å². The summed E-state index contributed by atoms with van der Waals surface area (Å²) in [5.74, 6) is -0.997. The van der Waals surface area contributed by atoms with E-state index in [1.54, 1.807) is 30.3 Å². The number of nitrogens with zero attached hydrogens (tertiary/aromatic N) is 2. The number of rotatable bonds is 6. The van der Waals surface area contributed by atoms with Gasteiger partial charge in [0.2, 0.25) is 0 Å².